The van der Waals surface area contributed by atoms with E-state index in [1.807, 2.05) is 12.1 Å². The largest absolute Gasteiger partial charge is 1.00 e. The average molecular weight is 1190 g/mol. The van der Waals surface area contributed by atoms with E-state index in [0.717, 1.165) is 38.3 Å². The second-order valence-corrected chi connectivity index (χ2v) is 16.1. The number of hydrogen-bond acceptors (Lipinski definition) is 12. The monoisotopic (exact) mass is 1190 g/mol. The van der Waals surface area contributed by atoms with Crippen LogP contribution in [0.5, 0.6) is 0 Å². The van der Waals surface area contributed by atoms with Crippen LogP contribution >= 0.6 is 22.6 Å². The van der Waals surface area contributed by atoms with Gasteiger partial charge in [0.15, 0.2) is 0 Å². The van der Waals surface area contributed by atoms with Gasteiger partial charge in [-0.2, -0.15) is 20.4 Å². The van der Waals surface area contributed by atoms with Crippen LogP contribution in [0.4, 0.5) is 17.6 Å². The second-order valence-electron chi connectivity index (χ2n) is 14.8. The SMILES string of the molecule is CO.COC(=O)c1cccc2[nH]ncc12.COC(=O)c1cccc2c1cnn2-c1ccc(F)cc1.Fc1ccc(I)cc1.O=C(O)c1cccc2[nH]ncc12.O=C(O)c1cccc2c1cnn2-c1ccc(F)cc1.[2H]CF.[Na+].[OH-]. The molecule has 0 aliphatic heterocycles. The predicted octanol–water partition coefficient (Wildman–Crippen LogP) is 7.88. The van der Waals surface area contributed by atoms with Gasteiger partial charge in [-0.05, 0) is 144 Å². The van der Waals surface area contributed by atoms with Gasteiger partial charge < -0.3 is 30.3 Å². The maximum Gasteiger partial charge on any atom is 1.00 e. The Morgan fingerprint density at radius 2 is 0.846 bits per heavy atom. The van der Waals surface area contributed by atoms with Crippen LogP contribution in [-0.4, -0.2) is 113 Å². The van der Waals surface area contributed by atoms with Gasteiger partial charge in [0.05, 0.1) is 103 Å². The van der Waals surface area contributed by atoms with Crippen LogP contribution < -0.4 is 29.6 Å². The molecule has 0 aliphatic carbocycles. The standard InChI is InChI=1S/C15H11FN2O2.C14H9FN2O2.C9H8N2O2.C8H6N2O2.C6H4FI.CH3F.CH4O.Na.H2O/c1-20-15(19)12-3-2-4-14-13(12)9-17-18(14)11-7-5-10(16)6-8-11;15-9-4-6-10(7-5-9)17-13-3-1-2-11(14(18)19)12(13)8-16-17;1-13-9(12)6-3-2-4-8-7(6)5-10-11-8;11-8(12)5-2-1-3-7-6(5)4-9-10-7;7-5-1-3-6(8)4-2-5;2*1-2;;/h2-9H,1H3;1-8H,(H,18,19);2-5H,1H3,(H,10,11);1-4H,(H,9,10)(H,11,12);1-4H;1H3;2H,1H3;;1H2/q;;;;;;;+1;/p-1/i;;;;;1D;;;. The number of rotatable bonds is 6. The molecule has 78 heavy (non-hydrogen) atoms. The number of carbonyl (C=O) groups excluding carboxylic acids is 2. The van der Waals surface area contributed by atoms with Gasteiger partial charge in [-0.3, -0.25) is 14.6 Å². The van der Waals surface area contributed by atoms with E-state index < -0.39 is 25.1 Å². The van der Waals surface area contributed by atoms with E-state index in [1.165, 1.54) is 69.1 Å². The Kier molecular flexibility index (Phi) is 25.2. The number of benzene rings is 7. The molecule has 4 heterocycles. The van der Waals surface area contributed by atoms with E-state index in [9.17, 15) is 36.7 Å². The maximum atomic E-state index is 13.0. The van der Waals surface area contributed by atoms with Crippen LogP contribution in [0.15, 0.2) is 170 Å². The molecule has 0 bridgehead atoms. The summed E-state index contributed by atoms with van der Waals surface area (Å²) in [6.07, 6.45) is 6.23. The summed E-state index contributed by atoms with van der Waals surface area (Å²) in [7, 11) is 2.70. The Morgan fingerprint density at radius 3 is 1.22 bits per heavy atom. The number of carboxylic acid groups (broad SMARTS) is 2. The molecule has 0 unspecified atom stereocenters. The van der Waals surface area contributed by atoms with E-state index in [0.29, 0.717) is 38.5 Å². The minimum atomic E-state index is -1.00. The van der Waals surface area contributed by atoms with E-state index >= 15 is 0 Å². The molecule has 0 atom stereocenters. The smallest absolute Gasteiger partial charge is 0.870 e. The molecule has 0 radical (unpaired) electrons. The van der Waals surface area contributed by atoms with E-state index in [4.69, 9.17) is 21.4 Å². The van der Waals surface area contributed by atoms with Gasteiger partial charge in [0.2, 0.25) is 0 Å². The molecule has 0 fully saturated rings. The van der Waals surface area contributed by atoms with Gasteiger partial charge in [0.25, 0.3) is 0 Å². The van der Waals surface area contributed by atoms with Crippen molar-refractivity contribution in [1.82, 2.24) is 40.0 Å². The second kappa shape index (κ2) is 31.7. The van der Waals surface area contributed by atoms with Crippen LogP contribution in [0.25, 0.3) is 55.0 Å². The summed E-state index contributed by atoms with van der Waals surface area (Å²) in [5.74, 6) is -3.48. The minimum absolute atomic E-state index is 0. The number of nitrogens with zero attached hydrogens (tertiary/aromatic N) is 6. The Bertz CT molecular complexity index is 3700. The number of methoxy groups -OCH3 is 2. The number of aliphatic hydroxyl groups is 1. The van der Waals surface area contributed by atoms with Gasteiger partial charge in [-0.1, -0.05) is 24.3 Å². The zero-order chi connectivity index (χ0) is 56.0. The summed E-state index contributed by atoms with van der Waals surface area (Å²) >= 11 is 2.13. The molecule has 11 rings (SSSR count). The Morgan fingerprint density at radius 1 is 0.526 bits per heavy atom. The summed E-state index contributed by atoms with van der Waals surface area (Å²) in [4.78, 5) is 44.8. The number of aliphatic hydroxyl groups excluding tert-OH is 1. The van der Waals surface area contributed by atoms with Crippen molar-refractivity contribution < 1.29 is 97.9 Å². The van der Waals surface area contributed by atoms with Crippen LogP contribution in [0.1, 0.15) is 42.8 Å². The van der Waals surface area contributed by atoms with Crippen LogP contribution in [0, 0.1) is 21.0 Å². The molecule has 4 aromatic heterocycles. The number of carboxylic acids is 2. The first-order valence-corrected chi connectivity index (χ1v) is 22.9. The van der Waals surface area contributed by atoms with Gasteiger partial charge in [-0.15, -0.1) is 0 Å². The Hall–Kier alpha value is -8.33. The number of halogens is 5. The number of ether oxygens (including phenoxy) is 2. The van der Waals surface area contributed by atoms with Gasteiger partial charge >= 0.3 is 53.4 Å². The molecular formula is C54H46F4IN8NaO10. The number of aromatic nitrogens is 8. The third-order valence-corrected chi connectivity index (χ3v) is 11.1. The number of aromatic carboxylic acids is 2. The van der Waals surface area contributed by atoms with Crippen LogP contribution in [0.3, 0.4) is 0 Å². The maximum absolute atomic E-state index is 13.0. The first kappa shape index (κ1) is 62.2. The first-order chi connectivity index (χ1) is 37.2. The fourth-order valence-corrected chi connectivity index (χ4v) is 7.35. The number of aromatic amines is 2. The first-order valence-electron chi connectivity index (χ1n) is 22.5. The molecular weight excluding hydrogens is 1150 g/mol. The molecule has 11 aromatic rings. The van der Waals surface area contributed by atoms with Gasteiger partial charge in [-0.25, -0.2) is 41.7 Å². The third-order valence-electron chi connectivity index (χ3n) is 10.4. The number of fused-ring (bicyclic) bond motifs is 4. The average Bonchev–Trinajstić information content (AvgIpc) is 4.35. The molecule has 7 aromatic carbocycles. The molecule has 0 spiro atoms. The summed E-state index contributed by atoms with van der Waals surface area (Å²) in [5, 5.41) is 49.1. The quantitative estimate of drug-likeness (QED) is 0.0459. The molecule has 24 heteroatoms. The normalized spacial score (nSPS) is 9.94. The van der Waals surface area contributed by atoms with Gasteiger partial charge in [0.1, 0.15) is 17.5 Å². The number of carbonyl (C=O) groups is 4. The molecule has 0 amide bonds. The minimum Gasteiger partial charge on any atom is -0.870 e. The fourth-order valence-electron chi connectivity index (χ4n) is 6.99. The molecule has 0 saturated heterocycles. The number of hydrogen-bond donors (Lipinski definition) is 5. The van der Waals surface area contributed by atoms with E-state index in [-0.39, 0.29) is 69.6 Å². The van der Waals surface area contributed by atoms with E-state index in [1.54, 1.807) is 113 Å². The number of alkyl halides is 1. The zero-order valence-corrected chi connectivity index (χ0v) is 45.8. The van der Waals surface area contributed by atoms with Crippen molar-refractivity contribution in [2.75, 3.05) is 28.5 Å². The predicted molar refractivity (Wildman–Crippen MR) is 287 cm³/mol. The molecule has 0 aliphatic rings. The Labute approximate surface area is 478 Å². The van der Waals surface area contributed by atoms with Crippen molar-refractivity contribution in [3.05, 3.63) is 214 Å². The van der Waals surface area contributed by atoms with Crippen LogP contribution in [0.2, 0.25) is 0 Å². The van der Waals surface area contributed by atoms with Crippen molar-refractivity contribution in [2.24, 2.45) is 0 Å². The van der Waals surface area contributed by atoms with Gasteiger partial charge in [0, 0.05) is 32.2 Å². The molecule has 18 nitrogen and oxygen atoms in total. The summed E-state index contributed by atoms with van der Waals surface area (Å²) in [6, 6.07) is 38.9. The summed E-state index contributed by atoms with van der Waals surface area (Å²) in [5.41, 5.74) is 5.89. The van der Waals surface area contributed by atoms with Crippen molar-refractivity contribution in [3.63, 3.8) is 0 Å². The molecule has 0 saturated carbocycles. The summed E-state index contributed by atoms with van der Waals surface area (Å²) in [6.45, 7) is 0. The molecule has 6 N–H and O–H groups in total. The summed E-state index contributed by atoms with van der Waals surface area (Å²) < 4.78 is 67.1. The zero-order valence-electron chi connectivity index (χ0n) is 42.7. The third kappa shape index (κ3) is 16.3. The Balaban J connectivity index is 0.000000259. The topological polar surface area (TPSA) is 270 Å². The fraction of sp³-hybridized carbons (Fsp3) is 0.0741. The molecule has 398 valence electrons. The number of nitrogens with one attached hydrogen (secondary N) is 2. The number of H-pyrrole nitrogens is 2. The van der Waals surface area contributed by atoms with Crippen LogP contribution in [-0.2, 0) is 9.47 Å². The van der Waals surface area contributed by atoms with Crippen molar-refractivity contribution >= 4 is 90.1 Å². The number of esters is 2. The van der Waals surface area contributed by atoms with Crippen molar-refractivity contribution in [3.8, 4) is 11.4 Å². The van der Waals surface area contributed by atoms with Crippen molar-refractivity contribution in [2.45, 2.75) is 0 Å². The van der Waals surface area contributed by atoms with E-state index in [2.05, 4.69) is 57.9 Å². The van der Waals surface area contributed by atoms with Crippen molar-refractivity contribution in [1.29, 1.82) is 0 Å².